The van der Waals surface area contributed by atoms with Crippen LogP contribution in [0.1, 0.15) is 32.3 Å². The van der Waals surface area contributed by atoms with E-state index in [1.165, 1.54) is 0 Å². The van der Waals surface area contributed by atoms with E-state index >= 15 is 0 Å². The van der Waals surface area contributed by atoms with Gasteiger partial charge in [-0.2, -0.15) is 0 Å². The quantitative estimate of drug-likeness (QED) is 0.874. The van der Waals surface area contributed by atoms with Crippen LogP contribution in [0.15, 0.2) is 22.7 Å². The zero-order chi connectivity index (χ0) is 13.8. The van der Waals surface area contributed by atoms with Crippen molar-refractivity contribution < 1.29 is 4.79 Å². The van der Waals surface area contributed by atoms with Gasteiger partial charge in [-0.1, -0.05) is 29.8 Å². The van der Waals surface area contributed by atoms with Gasteiger partial charge in [0.05, 0.1) is 5.41 Å². The SMILES string of the molecule is CCC(CC)(CN)C(=O)Nc1ccc(Br)c(C)c1. The van der Waals surface area contributed by atoms with E-state index in [9.17, 15) is 4.79 Å². The molecule has 0 saturated heterocycles. The van der Waals surface area contributed by atoms with E-state index in [0.717, 1.165) is 28.6 Å². The summed E-state index contributed by atoms with van der Waals surface area (Å²) in [5, 5.41) is 2.96. The first-order valence-electron chi connectivity index (χ1n) is 6.26. The Kier molecular flexibility index (Phi) is 5.35. The molecule has 1 aromatic rings. The molecule has 4 heteroatoms. The van der Waals surface area contributed by atoms with E-state index in [4.69, 9.17) is 5.73 Å². The lowest BCUT2D eigenvalue weighted by Gasteiger charge is -2.28. The van der Waals surface area contributed by atoms with Crippen molar-refractivity contribution in [3.8, 4) is 0 Å². The average Bonchev–Trinajstić information content (AvgIpc) is 2.37. The van der Waals surface area contributed by atoms with Crippen molar-refractivity contribution in [2.45, 2.75) is 33.6 Å². The number of benzene rings is 1. The van der Waals surface area contributed by atoms with Crippen LogP contribution in [0.25, 0.3) is 0 Å². The first-order chi connectivity index (χ1) is 8.49. The lowest BCUT2D eigenvalue weighted by molar-refractivity contribution is -0.125. The van der Waals surface area contributed by atoms with Crippen molar-refractivity contribution in [3.05, 3.63) is 28.2 Å². The Hall–Kier alpha value is -0.870. The fourth-order valence-electron chi connectivity index (χ4n) is 1.94. The molecular formula is C14H21BrN2O. The maximum absolute atomic E-state index is 12.3. The summed E-state index contributed by atoms with van der Waals surface area (Å²) >= 11 is 3.44. The fraction of sp³-hybridized carbons (Fsp3) is 0.500. The molecule has 100 valence electrons. The van der Waals surface area contributed by atoms with Crippen LogP contribution in [0.5, 0.6) is 0 Å². The third kappa shape index (κ3) is 3.12. The van der Waals surface area contributed by atoms with Gasteiger partial charge in [-0.3, -0.25) is 4.79 Å². The summed E-state index contributed by atoms with van der Waals surface area (Å²) in [6.07, 6.45) is 1.50. The van der Waals surface area contributed by atoms with Gasteiger partial charge in [-0.05, 0) is 43.5 Å². The number of anilines is 1. The number of aryl methyl sites for hydroxylation is 1. The molecule has 0 aliphatic carbocycles. The minimum atomic E-state index is -0.457. The third-order valence-corrected chi connectivity index (χ3v) is 4.53. The molecule has 0 heterocycles. The van der Waals surface area contributed by atoms with Crippen molar-refractivity contribution in [2.75, 3.05) is 11.9 Å². The predicted molar refractivity (Wildman–Crippen MR) is 79.6 cm³/mol. The Labute approximate surface area is 117 Å². The summed E-state index contributed by atoms with van der Waals surface area (Å²) in [5.41, 5.74) is 7.23. The Morgan fingerprint density at radius 1 is 1.39 bits per heavy atom. The van der Waals surface area contributed by atoms with Crippen LogP contribution in [-0.4, -0.2) is 12.5 Å². The summed E-state index contributed by atoms with van der Waals surface area (Å²) < 4.78 is 1.04. The second kappa shape index (κ2) is 6.34. The van der Waals surface area contributed by atoms with Gasteiger partial charge >= 0.3 is 0 Å². The first-order valence-corrected chi connectivity index (χ1v) is 7.06. The Bertz CT molecular complexity index is 420. The molecular weight excluding hydrogens is 292 g/mol. The van der Waals surface area contributed by atoms with E-state index < -0.39 is 5.41 Å². The largest absolute Gasteiger partial charge is 0.329 e. The van der Waals surface area contributed by atoms with Crippen molar-refractivity contribution in [1.29, 1.82) is 0 Å². The average molecular weight is 313 g/mol. The van der Waals surface area contributed by atoms with Gasteiger partial charge in [0.2, 0.25) is 5.91 Å². The summed E-state index contributed by atoms with van der Waals surface area (Å²) in [4.78, 5) is 12.3. The standard InChI is InChI=1S/C14H21BrN2O/c1-4-14(5-2,9-16)13(18)17-11-6-7-12(15)10(3)8-11/h6-8H,4-5,9,16H2,1-3H3,(H,17,18). The second-order valence-corrected chi connectivity index (χ2v) is 5.46. The molecule has 0 atom stereocenters. The van der Waals surface area contributed by atoms with Crippen LogP contribution in [0, 0.1) is 12.3 Å². The molecule has 0 fully saturated rings. The van der Waals surface area contributed by atoms with Crippen molar-refractivity contribution in [1.82, 2.24) is 0 Å². The maximum Gasteiger partial charge on any atom is 0.231 e. The number of hydrogen-bond donors (Lipinski definition) is 2. The van der Waals surface area contributed by atoms with E-state index in [-0.39, 0.29) is 5.91 Å². The number of nitrogens with two attached hydrogens (primary N) is 1. The number of rotatable bonds is 5. The molecule has 1 rings (SSSR count). The van der Waals surface area contributed by atoms with Crippen LogP contribution >= 0.6 is 15.9 Å². The molecule has 3 nitrogen and oxygen atoms in total. The van der Waals surface area contributed by atoms with Gasteiger partial charge in [-0.25, -0.2) is 0 Å². The lowest BCUT2D eigenvalue weighted by Crippen LogP contribution is -2.41. The number of hydrogen-bond acceptors (Lipinski definition) is 2. The highest BCUT2D eigenvalue weighted by Crippen LogP contribution is 2.28. The minimum absolute atomic E-state index is 0.0109. The number of nitrogens with one attached hydrogen (secondary N) is 1. The van der Waals surface area contributed by atoms with Crippen LogP contribution < -0.4 is 11.1 Å². The highest BCUT2D eigenvalue weighted by Gasteiger charge is 2.33. The molecule has 0 aromatic heterocycles. The molecule has 0 aliphatic heterocycles. The minimum Gasteiger partial charge on any atom is -0.329 e. The van der Waals surface area contributed by atoms with Gasteiger partial charge in [0.1, 0.15) is 0 Å². The first kappa shape index (κ1) is 15.2. The highest BCUT2D eigenvalue weighted by molar-refractivity contribution is 9.10. The normalized spacial score (nSPS) is 11.4. The molecule has 0 saturated carbocycles. The number of halogens is 1. The zero-order valence-electron chi connectivity index (χ0n) is 11.2. The van der Waals surface area contributed by atoms with Crippen molar-refractivity contribution >= 4 is 27.5 Å². The molecule has 0 bridgehead atoms. The zero-order valence-corrected chi connectivity index (χ0v) is 12.8. The lowest BCUT2D eigenvalue weighted by atomic mass is 9.81. The smallest absolute Gasteiger partial charge is 0.231 e. The predicted octanol–water partition coefficient (Wildman–Crippen LogP) is 3.46. The molecule has 1 aromatic carbocycles. The molecule has 18 heavy (non-hydrogen) atoms. The maximum atomic E-state index is 12.3. The van der Waals surface area contributed by atoms with Gasteiger partial charge < -0.3 is 11.1 Å². The van der Waals surface area contributed by atoms with Gasteiger partial charge in [-0.15, -0.1) is 0 Å². The van der Waals surface area contributed by atoms with Crippen LogP contribution in [-0.2, 0) is 4.79 Å². The van der Waals surface area contributed by atoms with Crippen LogP contribution in [0.2, 0.25) is 0 Å². The Balaban J connectivity index is 2.89. The third-order valence-electron chi connectivity index (χ3n) is 3.64. The van der Waals surface area contributed by atoms with Crippen LogP contribution in [0.4, 0.5) is 5.69 Å². The summed E-state index contributed by atoms with van der Waals surface area (Å²) in [6.45, 7) is 6.38. The van der Waals surface area contributed by atoms with E-state index in [2.05, 4.69) is 21.2 Å². The molecule has 0 spiro atoms. The molecule has 0 unspecified atom stereocenters. The van der Waals surface area contributed by atoms with Crippen molar-refractivity contribution in [2.24, 2.45) is 11.1 Å². The van der Waals surface area contributed by atoms with Crippen LogP contribution in [0.3, 0.4) is 0 Å². The van der Waals surface area contributed by atoms with E-state index in [0.29, 0.717) is 6.54 Å². The summed E-state index contributed by atoms with van der Waals surface area (Å²) in [7, 11) is 0. The number of carbonyl (C=O) groups excluding carboxylic acids is 1. The molecule has 0 aliphatic rings. The monoisotopic (exact) mass is 312 g/mol. The molecule has 1 amide bonds. The van der Waals surface area contributed by atoms with Gasteiger partial charge in [0, 0.05) is 16.7 Å². The number of amides is 1. The second-order valence-electron chi connectivity index (χ2n) is 4.61. The Morgan fingerprint density at radius 3 is 2.44 bits per heavy atom. The van der Waals surface area contributed by atoms with E-state index in [1.54, 1.807) is 0 Å². The highest BCUT2D eigenvalue weighted by atomic mass is 79.9. The topological polar surface area (TPSA) is 55.1 Å². The van der Waals surface area contributed by atoms with Crippen molar-refractivity contribution in [3.63, 3.8) is 0 Å². The summed E-state index contributed by atoms with van der Waals surface area (Å²) in [6, 6.07) is 5.78. The van der Waals surface area contributed by atoms with Gasteiger partial charge in [0.25, 0.3) is 0 Å². The molecule has 0 radical (unpaired) electrons. The van der Waals surface area contributed by atoms with Gasteiger partial charge in [0.15, 0.2) is 0 Å². The number of carbonyl (C=O) groups is 1. The molecule has 3 N–H and O–H groups in total. The Morgan fingerprint density at radius 2 is 2.00 bits per heavy atom. The summed E-state index contributed by atoms with van der Waals surface area (Å²) in [5.74, 6) is 0.0109. The van der Waals surface area contributed by atoms with E-state index in [1.807, 2.05) is 39.0 Å². The fourth-order valence-corrected chi connectivity index (χ4v) is 2.19.